The van der Waals surface area contributed by atoms with E-state index in [2.05, 4.69) is 4.74 Å². The minimum absolute atomic E-state index is 0. The zero-order chi connectivity index (χ0) is 11.7. The lowest BCUT2D eigenvalue weighted by atomic mass is 10.2. The zero-order valence-electron chi connectivity index (χ0n) is 9.77. The highest BCUT2D eigenvalue weighted by molar-refractivity contribution is 5.85. The predicted molar refractivity (Wildman–Crippen MR) is 62.9 cm³/mol. The number of nitrogens with zero attached hydrogens (tertiary/aromatic N) is 1. The summed E-state index contributed by atoms with van der Waals surface area (Å²) < 4.78 is 4.50. The lowest BCUT2D eigenvalue weighted by Crippen LogP contribution is -2.26. The van der Waals surface area contributed by atoms with Crippen molar-refractivity contribution < 1.29 is 19.4 Å². The van der Waals surface area contributed by atoms with Gasteiger partial charge in [0.15, 0.2) is 0 Å². The number of unbranched alkanes of at least 4 members (excludes halogenated alkanes) is 2. The molecular weight excluding hydrogens is 234 g/mol. The zero-order valence-corrected chi connectivity index (χ0v) is 10.6. The van der Waals surface area contributed by atoms with E-state index in [4.69, 9.17) is 5.11 Å². The largest absolute Gasteiger partial charge is 0.480 e. The summed E-state index contributed by atoms with van der Waals surface area (Å²) in [6, 6.07) is 0. The van der Waals surface area contributed by atoms with E-state index in [1.807, 2.05) is 0 Å². The van der Waals surface area contributed by atoms with Gasteiger partial charge in [0.05, 0.1) is 13.7 Å². The maximum absolute atomic E-state index is 10.7. The molecule has 96 valence electrons. The minimum Gasteiger partial charge on any atom is -0.480 e. The van der Waals surface area contributed by atoms with Crippen molar-refractivity contribution in [3.8, 4) is 0 Å². The van der Waals surface area contributed by atoms with Crippen LogP contribution in [0.1, 0.15) is 25.7 Å². The number of halogens is 1. The first kappa shape index (κ1) is 17.6. The smallest absolute Gasteiger partial charge is 0.317 e. The number of carbonyl (C=O) groups excluding carboxylic acids is 1. The van der Waals surface area contributed by atoms with Gasteiger partial charge in [-0.3, -0.25) is 14.5 Å². The summed E-state index contributed by atoms with van der Waals surface area (Å²) in [6.07, 6.45) is 3.06. The van der Waals surface area contributed by atoms with Gasteiger partial charge in [-0.15, -0.1) is 12.4 Å². The van der Waals surface area contributed by atoms with E-state index in [9.17, 15) is 9.59 Å². The molecule has 0 saturated carbocycles. The first-order chi connectivity index (χ1) is 7.06. The van der Waals surface area contributed by atoms with E-state index >= 15 is 0 Å². The first-order valence-electron chi connectivity index (χ1n) is 5.03. The Morgan fingerprint density at radius 3 is 2.38 bits per heavy atom. The molecule has 0 aromatic rings. The first-order valence-corrected chi connectivity index (χ1v) is 5.03. The van der Waals surface area contributed by atoms with Crippen molar-refractivity contribution in [2.24, 2.45) is 0 Å². The molecule has 0 amide bonds. The molecule has 0 aliphatic rings. The normalized spacial score (nSPS) is 9.69. The van der Waals surface area contributed by atoms with Gasteiger partial charge in [0.25, 0.3) is 0 Å². The van der Waals surface area contributed by atoms with Crippen molar-refractivity contribution in [1.29, 1.82) is 0 Å². The molecular formula is C10H20ClNO4. The van der Waals surface area contributed by atoms with Crippen molar-refractivity contribution in [2.75, 3.05) is 27.2 Å². The average Bonchev–Trinajstić information content (AvgIpc) is 2.15. The number of likely N-dealkylation sites (N-methyl/N-ethyl adjacent to an activating group) is 1. The third-order valence-corrected chi connectivity index (χ3v) is 2.05. The quantitative estimate of drug-likeness (QED) is 0.519. The molecule has 6 heteroatoms. The number of carboxylic acids is 1. The third-order valence-electron chi connectivity index (χ3n) is 2.05. The molecule has 0 unspecified atom stereocenters. The molecule has 0 heterocycles. The standard InChI is InChI=1S/C10H19NO4.ClH/c1-11(8-9(12)13)7-5-3-4-6-10(14)15-2;/h3-8H2,1-2H3,(H,12,13);1H. The fraction of sp³-hybridized carbons (Fsp3) is 0.800. The highest BCUT2D eigenvalue weighted by Crippen LogP contribution is 2.01. The average molecular weight is 254 g/mol. The molecule has 0 atom stereocenters. The summed E-state index contributed by atoms with van der Waals surface area (Å²) >= 11 is 0. The van der Waals surface area contributed by atoms with E-state index in [1.54, 1.807) is 11.9 Å². The molecule has 0 bridgehead atoms. The summed E-state index contributed by atoms with van der Waals surface area (Å²) in [5.74, 6) is -0.999. The highest BCUT2D eigenvalue weighted by atomic mass is 35.5. The molecule has 16 heavy (non-hydrogen) atoms. The van der Waals surface area contributed by atoms with Crippen LogP contribution in [0, 0.1) is 0 Å². The monoisotopic (exact) mass is 253 g/mol. The SMILES string of the molecule is COC(=O)CCCCCN(C)CC(=O)O.Cl. The lowest BCUT2D eigenvalue weighted by molar-refractivity contribution is -0.140. The Kier molecular flexibility index (Phi) is 11.8. The molecule has 1 N–H and O–H groups in total. The van der Waals surface area contributed by atoms with Crippen molar-refractivity contribution in [2.45, 2.75) is 25.7 Å². The van der Waals surface area contributed by atoms with Crippen LogP contribution in [0.3, 0.4) is 0 Å². The summed E-state index contributed by atoms with van der Waals surface area (Å²) in [5, 5.41) is 8.49. The molecule has 0 aliphatic carbocycles. The summed E-state index contributed by atoms with van der Waals surface area (Å²) in [6.45, 7) is 0.810. The van der Waals surface area contributed by atoms with Crippen LogP contribution in [-0.2, 0) is 14.3 Å². The molecule has 0 saturated heterocycles. The number of hydrogen-bond donors (Lipinski definition) is 1. The van der Waals surface area contributed by atoms with Gasteiger partial charge in [-0.2, -0.15) is 0 Å². The molecule has 0 rings (SSSR count). The summed E-state index contributed by atoms with van der Waals surface area (Å²) in [5.41, 5.74) is 0. The van der Waals surface area contributed by atoms with E-state index in [0.717, 1.165) is 25.8 Å². The van der Waals surface area contributed by atoms with E-state index in [0.29, 0.717) is 6.42 Å². The number of rotatable bonds is 8. The van der Waals surface area contributed by atoms with E-state index < -0.39 is 5.97 Å². The maximum Gasteiger partial charge on any atom is 0.317 e. The van der Waals surface area contributed by atoms with E-state index in [1.165, 1.54) is 7.11 Å². The van der Waals surface area contributed by atoms with Gasteiger partial charge < -0.3 is 9.84 Å². The Labute approximate surface area is 102 Å². The molecule has 0 aromatic heterocycles. The van der Waals surface area contributed by atoms with Crippen molar-refractivity contribution >= 4 is 24.3 Å². The van der Waals surface area contributed by atoms with Gasteiger partial charge >= 0.3 is 11.9 Å². The van der Waals surface area contributed by atoms with Crippen LogP contribution in [0.15, 0.2) is 0 Å². The van der Waals surface area contributed by atoms with Gasteiger partial charge in [-0.25, -0.2) is 0 Å². The Hall–Kier alpha value is -0.810. The second kappa shape index (κ2) is 10.7. The van der Waals surface area contributed by atoms with E-state index in [-0.39, 0.29) is 24.9 Å². The topological polar surface area (TPSA) is 66.8 Å². The van der Waals surface area contributed by atoms with Gasteiger partial charge in [0, 0.05) is 6.42 Å². The second-order valence-electron chi connectivity index (χ2n) is 3.52. The molecule has 0 fully saturated rings. The molecule has 0 aliphatic heterocycles. The number of carboxylic acid groups (broad SMARTS) is 1. The minimum atomic E-state index is -0.813. The predicted octanol–water partition coefficient (Wildman–Crippen LogP) is 1.16. The number of aliphatic carboxylic acids is 1. The maximum atomic E-state index is 10.7. The van der Waals surface area contributed by atoms with Gasteiger partial charge in [-0.05, 0) is 26.4 Å². The van der Waals surface area contributed by atoms with Crippen molar-refractivity contribution in [3.63, 3.8) is 0 Å². The lowest BCUT2D eigenvalue weighted by Gasteiger charge is -2.12. The second-order valence-corrected chi connectivity index (χ2v) is 3.52. The number of methoxy groups -OCH3 is 1. The van der Waals surface area contributed by atoms with Crippen LogP contribution >= 0.6 is 12.4 Å². The van der Waals surface area contributed by atoms with Crippen molar-refractivity contribution in [1.82, 2.24) is 4.90 Å². The van der Waals surface area contributed by atoms with Crippen LogP contribution in [0.5, 0.6) is 0 Å². The fourth-order valence-electron chi connectivity index (χ4n) is 1.24. The number of esters is 1. The Balaban J connectivity index is 0. The number of carbonyl (C=O) groups is 2. The highest BCUT2D eigenvalue weighted by Gasteiger charge is 2.04. The van der Waals surface area contributed by atoms with Crippen LogP contribution in [0.25, 0.3) is 0 Å². The third kappa shape index (κ3) is 11.3. The van der Waals surface area contributed by atoms with Crippen LogP contribution in [0.4, 0.5) is 0 Å². The van der Waals surface area contributed by atoms with Crippen molar-refractivity contribution in [3.05, 3.63) is 0 Å². The number of hydrogen-bond acceptors (Lipinski definition) is 4. The van der Waals surface area contributed by atoms with Gasteiger partial charge in [0.2, 0.25) is 0 Å². The molecule has 0 radical (unpaired) electrons. The Morgan fingerprint density at radius 1 is 1.25 bits per heavy atom. The number of ether oxygens (including phenoxy) is 1. The fourth-order valence-corrected chi connectivity index (χ4v) is 1.24. The summed E-state index contributed by atoms with van der Waals surface area (Å²) in [7, 11) is 3.15. The van der Waals surface area contributed by atoms with Gasteiger partial charge in [0.1, 0.15) is 0 Å². The summed E-state index contributed by atoms with van der Waals surface area (Å²) in [4.78, 5) is 22.8. The van der Waals surface area contributed by atoms with Crippen LogP contribution in [-0.4, -0.2) is 49.2 Å². The van der Waals surface area contributed by atoms with Crippen LogP contribution in [0.2, 0.25) is 0 Å². The Bertz CT molecular complexity index is 211. The van der Waals surface area contributed by atoms with Crippen LogP contribution < -0.4 is 0 Å². The molecule has 5 nitrogen and oxygen atoms in total. The molecule has 0 aromatic carbocycles. The van der Waals surface area contributed by atoms with Gasteiger partial charge in [-0.1, -0.05) is 6.42 Å². The molecule has 0 spiro atoms. The Morgan fingerprint density at radius 2 is 1.88 bits per heavy atom.